The average molecular weight is 425 g/mol. The van der Waals surface area contributed by atoms with Crippen LogP contribution in [0.15, 0.2) is 73.0 Å². The molecule has 0 fully saturated rings. The number of benzene rings is 2. The maximum atomic E-state index is 12.7. The van der Waals surface area contributed by atoms with Gasteiger partial charge in [0.2, 0.25) is 0 Å². The highest BCUT2D eigenvalue weighted by molar-refractivity contribution is 6.28. The smallest absolute Gasteiger partial charge is 0.353 e. The second kappa shape index (κ2) is 8.51. The zero-order chi connectivity index (χ0) is 22.8. The molecule has 0 saturated heterocycles. The Balaban J connectivity index is 2.17. The number of rotatable bonds is 6. The molecule has 0 aliphatic rings. The lowest BCUT2D eigenvalue weighted by Crippen LogP contribution is -2.12. The van der Waals surface area contributed by atoms with Crippen LogP contribution in [-0.2, 0) is 11.3 Å². The quantitative estimate of drug-likeness (QED) is 0.332. The average Bonchev–Trinajstić information content (AvgIpc) is 3.08. The molecule has 0 spiro atoms. The molecule has 2 heterocycles. The van der Waals surface area contributed by atoms with E-state index >= 15 is 0 Å². The second-order valence-corrected chi connectivity index (χ2v) is 7.55. The summed E-state index contributed by atoms with van der Waals surface area (Å²) in [5.41, 5.74) is 8.25. The standard InChI is InChI=1S/C26H23N3O3/c1-3-4-8-19(16(2)30)24-23-20-9-6-5-7-18(20)10-11-21(23)29(25(24)26(31)32)15-17-12-13-28-22(27)14-17/h3-14H,15H2,1-2H3,(H2,27,28)(H,31,32)/b4-3-,19-8+. The molecule has 0 atom stereocenters. The molecule has 0 amide bonds. The molecule has 0 radical (unpaired) electrons. The number of aromatic nitrogens is 2. The third-order valence-corrected chi connectivity index (χ3v) is 5.45. The number of carbonyl (C=O) groups excluding carboxylic acids is 1. The van der Waals surface area contributed by atoms with Gasteiger partial charge < -0.3 is 15.4 Å². The summed E-state index contributed by atoms with van der Waals surface area (Å²) < 4.78 is 1.74. The topological polar surface area (TPSA) is 98.2 Å². The largest absolute Gasteiger partial charge is 0.477 e. The number of carboxylic acids is 1. The molecule has 2 aromatic carbocycles. The van der Waals surface area contributed by atoms with Gasteiger partial charge in [-0.15, -0.1) is 0 Å². The van der Waals surface area contributed by atoms with E-state index in [2.05, 4.69) is 4.98 Å². The molecule has 6 heteroatoms. The van der Waals surface area contributed by atoms with Crippen molar-refractivity contribution >= 4 is 44.8 Å². The minimum absolute atomic E-state index is 0.0673. The van der Waals surface area contributed by atoms with Gasteiger partial charge in [-0.1, -0.05) is 48.6 Å². The van der Waals surface area contributed by atoms with Gasteiger partial charge in [0.15, 0.2) is 5.78 Å². The van der Waals surface area contributed by atoms with E-state index < -0.39 is 5.97 Å². The molecule has 0 aliphatic heterocycles. The van der Waals surface area contributed by atoms with Crippen LogP contribution in [0, 0.1) is 0 Å². The van der Waals surface area contributed by atoms with Gasteiger partial charge in [0, 0.05) is 29.3 Å². The first-order valence-electron chi connectivity index (χ1n) is 10.2. The number of hydrogen-bond acceptors (Lipinski definition) is 4. The maximum absolute atomic E-state index is 12.7. The van der Waals surface area contributed by atoms with Crippen molar-refractivity contribution in [1.82, 2.24) is 9.55 Å². The lowest BCUT2D eigenvalue weighted by atomic mass is 9.95. The summed E-state index contributed by atoms with van der Waals surface area (Å²) in [4.78, 5) is 29.3. The molecular weight excluding hydrogens is 402 g/mol. The summed E-state index contributed by atoms with van der Waals surface area (Å²) in [6.07, 6.45) is 6.83. The van der Waals surface area contributed by atoms with E-state index in [1.54, 1.807) is 41.1 Å². The first-order valence-corrected chi connectivity index (χ1v) is 10.2. The molecule has 32 heavy (non-hydrogen) atoms. The Bertz CT molecular complexity index is 1430. The van der Waals surface area contributed by atoms with Crippen LogP contribution in [0.25, 0.3) is 27.2 Å². The first kappa shape index (κ1) is 21.1. The molecule has 3 N–H and O–H groups in total. The van der Waals surface area contributed by atoms with E-state index in [-0.39, 0.29) is 18.0 Å². The molecule has 0 saturated carbocycles. The van der Waals surface area contributed by atoms with Crippen molar-refractivity contribution < 1.29 is 14.7 Å². The van der Waals surface area contributed by atoms with Crippen LogP contribution in [0.5, 0.6) is 0 Å². The molecule has 0 aliphatic carbocycles. The van der Waals surface area contributed by atoms with Gasteiger partial charge >= 0.3 is 5.97 Å². The maximum Gasteiger partial charge on any atom is 0.353 e. The van der Waals surface area contributed by atoms with E-state index in [9.17, 15) is 14.7 Å². The molecule has 0 unspecified atom stereocenters. The van der Waals surface area contributed by atoms with E-state index in [0.29, 0.717) is 17.0 Å². The van der Waals surface area contributed by atoms with Crippen LogP contribution in [-0.4, -0.2) is 26.4 Å². The van der Waals surface area contributed by atoms with Gasteiger partial charge in [-0.25, -0.2) is 9.78 Å². The number of allylic oxidation sites excluding steroid dienone is 4. The van der Waals surface area contributed by atoms with Crippen molar-refractivity contribution in [2.24, 2.45) is 0 Å². The summed E-state index contributed by atoms with van der Waals surface area (Å²) in [5, 5.41) is 12.9. The van der Waals surface area contributed by atoms with Crippen molar-refractivity contribution in [2.75, 3.05) is 5.73 Å². The normalized spacial score (nSPS) is 12.1. The predicted molar refractivity (Wildman–Crippen MR) is 128 cm³/mol. The summed E-state index contributed by atoms with van der Waals surface area (Å²) in [7, 11) is 0. The van der Waals surface area contributed by atoms with Gasteiger partial charge in [-0.2, -0.15) is 0 Å². The van der Waals surface area contributed by atoms with Crippen molar-refractivity contribution in [3.05, 3.63) is 89.8 Å². The van der Waals surface area contributed by atoms with Gasteiger partial charge in [-0.05, 0) is 48.4 Å². The highest BCUT2D eigenvalue weighted by Gasteiger charge is 2.27. The minimum Gasteiger partial charge on any atom is -0.477 e. The van der Waals surface area contributed by atoms with Crippen molar-refractivity contribution in [3.63, 3.8) is 0 Å². The molecule has 0 bridgehead atoms. The molecule has 4 rings (SSSR count). The van der Waals surface area contributed by atoms with Gasteiger partial charge in [0.1, 0.15) is 11.5 Å². The Morgan fingerprint density at radius 2 is 1.94 bits per heavy atom. The number of carbonyl (C=O) groups is 2. The number of Topliss-reactive ketones (excluding diaryl/α,β-unsaturated/α-hetero) is 1. The van der Waals surface area contributed by atoms with E-state index in [4.69, 9.17) is 5.73 Å². The Morgan fingerprint density at radius 3 is 2.62 bits per heavy atom. The zero-order valence-electron chi connectivity index (χ0n) is 17.9. The number of hydrogen-bond donors (Lipinski definition) is 2. The molecule has 6 nitrogen and oxygen atoms in total. The fourth-order valence-electron chi connectivity index (χ4n) is 4.11. The highest BCUT2D eigenvalue weighted by atomic mass is 16.4. The molecule has 2 aromatic heterocycles. The second-order valence-electron chi connectivity index (χ2n) is 7.55. The van der Waals surface area contributed by atoms with Crippen LogP contribution in [0.4, 0.5) is 5.82 Å². The fourth-order valence-corrected chi connectivity index (χ4v) is 4.11. The lowest BCUT2D eigenvalue weighted by molar-refractivity contribution is -0.111. The monoisotopic (exact) mass is 425 g/mol. The summed E-state index contributed by atoms with van der Waals surface area (Å²) in [6.45, 7) is 3.58. The summed E-state index contributed by atoms with van der Waals surface area (Å²) in [5.74, 6) is -0.945. The SMILES string of the molecule is C/C=C\C=C(/C(C)=O)c1c(C(=O)O)n(Cc2ccnc(N)c2)c2ccc3ccccc3c12. The van der Waals surface area contributed by atoms with Crippen molar-refractivity contribution in [3.8, 4) is 0 Å². The number of fused-ring (bicyclic) bond motifs is 3. The number of nitrogen functional groups attached to an aromatic ring is 1. The minimum atomic E-state index is -1.10. The number of pyridine rings is 1. The van der Waals surface area contributed by atoms with Crippen molar-refractivity contribution in [1.29, 1.82) is 0 Å². The number of nitrogens with zero attached hydrogens (tertiary/aromatic N) is 2. The Morgan fingerprint density at radius 1 is 1.16 bits per heavy atom. The van der Waals surface area contributed by atoms with Crippen LogP contribution < -0.4 is 5.73 Å². The van der Waals surface area contributed by atoms with E-state index in [1.165, 1.54) is 6.92 Å². The van der Waals surface area contributed by atoms with Gasteiger partial charge in [-0.3, -0.25) is 4.79 Å². The van der Waals surface area contributed by atoms with Crippen LogP contribution in [0.2, 0.25) is 0 Å². The number of ketones is 1. The molecule has 160 valence electrons. The number of anilines is 1. The number of carboxylic acid groups (broad SMARTS) is 1. The summed E-state index contributed by atoms with van der Waals surface area (Å²) >= 11 is 0. The number of aromatic carboxylic acids is 1. The Kier molecular flexibility index (Phi) is 5.60. The van der Waals surface area contributed by atoms with Crippen LogP contribution in [0.1, 0.15) is 35.5 Å². The Labute approximate surface area is 185 Å². The van der Waals surface area contributed by atoms with E-state index in [0.717, 1.165) is 27.2 Å². The molecular formula is C26H23N3O3. The fraction of sp³-hybridized carbons (Fsp3) is 0.115. The van der Waals surface area contributed by atoms with E-state index in [1.807, 2.05) is 43.3 Å². The van der Waals surface area contributed by atoms with Crippen molar-refractivity contribution in [2.45, 2.75) is 20.4 Å². The number of nitrogens with two attached hydrogens (primary N) is 1. The Hall–Kier alpha value is -4.19. The lowest BCUT2D eigenvalue weighted by Gasteiger charge is -2.10. The third-order valence-electron chi connectivity index (χ3n) is 5.45. The summed E-state index contributed by atoms with van der Waals surface area (Å²) in [6, 6.07) is 15.2. The third kappa shape index (κ3) is 3.67. The van der Waals surface area contributed by atoms with Crippen LogP contribution in [0.3, 0.4) is 0 Å². The van der Waals surface area contributed by atoms with Crippen LogP contribution >= 0.6 is 0 Å². The first-order chi connectivity index (χ1) is 15.4. The predicted octanol–water partition coefficient (Wildman–Crippen LogP) is 5.07. The van der Waals surface area contributed by atoms with Gasteiger partial charge in [0.25, 0.3) is 0 Å². The zero-order valence-corrected chi connectivity index (χ0v) is 17.9. The highest BCUT2D eigenvalue weighted by Crippen LogP contribution is 2.38. The molecule has 4 aromatic rings. The van der Waals surface area contributed by atoms with Gasteiger partial charge in [0.05, 0.1) is 5.52 Å².